The van der Waals surface area contributed by atoms with Gasteiger partial charge in [0.1, 0.15) is 18.9 Å². The average Bonchev–Trinajstić information content (AvgIpc) is 2.60. The van der Waals surface area contributed by atoms with Gasteiger partial charge in [0.05, 0.1) is 13.0 Å². The van der Waals surface area contributed by atoms with Crippen molar-refractivity contribution in [3.05, 3.63) is 0 Å². The molecule has 2 heterocycles. The Bertz CT molecular complexity index is 316. The zero-order valence-corrected chi connectivity index (χ0v) is 10.3. The van der Waals surface area contributed by atoms with E-state index >= 15 is 0 Å². The Hall–Kier alpha value is -1.10. The maximum atomic E-state index is 11.4. The van der Waals surface area contributed by atoms with Crippen molar-refractivity contribution in [2.24, 2.45) is 5.92 Å². The number of fused-ring (bicyclic) bond motifs is 1. The molecule has 0 aromatic rings. The fraction of sp³-hybridized carbons (Fsp3) is 0.833. The van der Waals surface area contributed by atoms with E-state index < -0.39 is 0 Å². The van der Waals surface area contributed by atoms with E-state index in [-0.39, 0.29) is 30.8 Å². The highest BCUT2D eigenvalue weighted by Crippen LogP contribution is 2.28. The lowest BCUT2D eigenvalue weighted by atomic mass is 10.1. The molecule has 0 aliphatic carbocycles. The fourth-order valence-electron chi connectivity index (χ4n) is 2.01. The largest absolute Gasteiger partial charge is 0.463 e. The van der Waals surface area contributed by atoms with E-state index in [0.29, 0.717) is 25.3 Å². The van der Waals surface area contributed by atoms with Gasteiger partial charge in [-0.2, -0.15) is 0 Å². The molecule has 5 nitrogen and oxygen atoms in total. The first-order valence-corrected chi connectivity index (χ1v) is 6.17. The Labute approximate surface area is 101 Å². The van der Waals surface area contributed by atoms with Gasteiger partial charge in [0.2, 0.25) is 5.91 Å². The lowest BCUT2D eigenvalue weighted by Crippen LogP contribution is -2.48. The predicted molar refractivity (Wildman–Crippen MR) is 60.0 cm³/mol. The molecule has 17 heavy (non-hydrogen) atoms. The monoisotopic (exact) mass is 241 g/mol. The van der Waals surface area contributed by atoms with Gasteiger partial charge >= 0.3 is 5.97 Å². The van der Waals surface area contributed by atoms with Crippen LogP contribution in [0.3, 0.4) is 0 Å². The lowest BCUT2D eigenvalue weighted by molar-refractivity contribution is -0.159. The van der Waals surface area contributed by atoms with Crippen LogP contribution in [-0.4, -0.2) is 42.3 Å². The van der Waals surface area contributed by atoms with Gasteiger partial charge in [0.15, 0.2) is 0 Å². The molecule has 0 spiro atoms. The summed E-state index contributed by atoms with van der Waals surface area (Å²) in [5.41, 5.74) is 0. The molecule has 2 unspecified atom stereocenters. The van der Waals surface area contributed by atoms with Gasteiger partial charge in [-0.05, 0) is 12.3 Å². The van der Waals surface area contributed by atoms with Crippen LogP contribution in [0.5, 0.6) is 0 Å². The smallest absolute Gasteiger partial charge is 0.305 e. The van der Waals surface area contributed by atoms with E-state index in [1.54, 1.807) is 4.90 Å². The normalized spacial score (nSPS) is 27.0. The van der Waals surface area contributed by atoms with Crippen molar-refractivity contribution in [2.75, 3.05) is 13.2 Å². The number of hydrogen-bond acceptors (Lipinski definition) is 4. The highest BCUT2D eigenvalue weighted by atomic mass is 16.6. The molecule has 2 aliphatic heterocycles. The van der Waals surface area contributed by atoms with Crippen molar-refractivity contribution in [1.29, 1.82) is 0 Å². The molecule has 96 valence electrons. The van der Waals surface area contributed by atoms with E-state index in [0.717, 1.165) is 6.42 Å². The summed E-state index contributed by atoms with van der Waals surface area (Å²) in [5.74, 6) is 0.455. The van der Waals surface area contributed by atoms with E-state index in [4.69, 9.17) is 9.47 Å². The predicted octanol–water partition coefficient (Wildman–Crippen LogP) is 0.923. The summed E-state index contributed by atoms with van der Waals surface area (Å²) in [6.45, 7) is 4.96. The third-order valence-electron chi connectivity index (χ3n) is 3.12. The van der Waals surface area contributed by atoms with Crippen LogP contribution in [-0.2, 0) is 19.1 Å². The van der Waals surface area contributed by atoms with Crippen LogP contribution in [0.2, 0.25) is 0 Å². The molecular weight excluding hydrogens is 222 g/mol. The Morgan fingerprint density at radius 3 is 2.94 bits per heavy atom. The fourth-order valence-corrected chi connectivity index (χ4v) is 2.01. The summed E-state index contributed by atoms with van der Waals surface area (Å²) in [4.78, 5) is 24.2. The molecule has 0 bridgehead atoms. The minimum absolute atomic E-state index is 0.0677. The van der Waals surface area contributed by atoms with Gasteiger partial charge < -0.3 is 14.4 Å². The first-order chi connectivity index (χ1) is 8.06. The van der Waals surface area contributed by atoms with Crippen molar-refractivity contribution in [2.45, 2.75) is 45.4 Å². The number of carbonyl (C=O) groups excluding carboxylic acids is 2. The van der Waals surface area contributed by atoms with E-state index in [1.165, 1.54) is 0 Å². The summed E-state index contributed by atoms with van der Waals surface area (Å²) >= 11 is 0. The SMILES string of the molecule is CC(C)CCC(=O)OCC1CN2C(=O)CC2O1. The zero-order valence-electron chi connectivity index (χ0n) is 10.3. The molecule has 1 amide bonds. The minimum atomic E-state index is -0.178. The van der Waals surface area contributed by atoms with Crippen LogP contribution in [0.25, 0.3) is 0 Å². The topological polar surface area (TPSA) is 55.8 Å². The number of nitrogens with zero attached hydrogens (tertiary/aromatic N) is 1. The Morgan fingerprint density at radius 2 is 2.35 bits per heavy atom. The third-order valence-corrected chi connectivity index (χ3v) is 3.12. The maximum Gasteiger partial charge on any atom is 0.305 e. The summed E-state index contributed by atoms with van der Waals surface area (Å²) in [6, 6.07) is 0. The number of amides is 1. The van der Waals surface area contributed by atoms with Crippen LogP contribution in [0.15, 0.2) is 0 Å². The molecule has 2 saturated heterocycles. The van der Waals surface area contributed by atoms with Crippen molar-refractivity contribution in [3.63, 3.8) is 0 Å². The number of ether oxygens (including phenoxy) is 2. The summed E-state index contributed by atoms with van der Waals surface area (Å²) in [6.07, 6.45) is 1.56. The van der Waals surface area contributed by atoms with Crippen molar-refractivity contribution >= 4 is 11.9 Å². The molecule has 0 radical (unpaired) electrons. The maximum absolute atomic E-state index is 11.4. The van der Waals surface area contributed by atoms with Gasteiger partial charge in [-0.25, -0.2) is 0 Å². The minimum Gasteiger partial charge on any atom is -0.463 e. The second-order valence-electron chi connectivity index (χ2n) is 5.08. The van der Waals surface area contributed by atoms with Crippen LogP contribution in [0.1, 0.15) is 33.1 Å². The second-order valence-corrected chi connectivity index (χ2v) is 5.08. The standard InChI is InChI=1S/C12H19NO4/c1-8(2)3-4-12(15)16-7-9-6-13-10(14)5-11(13)17-9/h8-9,11H,3-7H2,1-2H3. The Balaban J connectivity index is 1.62. The first-order valence-electron chi connectivity index (χ1n) is 6.17. The number of esters is 1. The van der Waals surface area contributed by atoms with E-state index in [2.05, 4.69) is 13.8 Å². The molecule has 0 aromatic heterocycles. The molecule has 2 atom stereocenters. The third kappa shape index (κ3) is 2.97. The molecule has 0 saturated carbocycles. The summed E-state index contributed by atoms with van der Waals surface area (Å²) in [5, 5.41) is 0. The van der Waals surface area contributed by atoms with Crippen LogP contribution < -0.4 is 0 Å². The molecular formula is C12H19NO4. The van der Waals surface area contributed by atoms with Crippen LogP contribution in [0, 0.1) is 5.92 Å². The van der Waals surface area contributed by atoms with E-state index in [9.17, 15) is 9.59 Å². The quantitative estimate of drug-likeness (QED) is 0.530. The van der Waals surface area contributed by atoms with Gasteiger partial charge in [0.25, 0.3) is 0 Å². The number of hydrogen-bond donors (Lipinski definition) is 0. The highest BCUT2D eigenvalue weighted by Gasteiger charge is 2.45. The first kappa shape index (κ1) is 12.4. The van der Waals surface area contributed by atoms with Crippen LogP contribution >= 0.6 is 0 Å². The number of rotatable bonds is 5. The molecule has 0 N–H and O–H groups in total. The average molecular weight is 241 g/mol. The lowest BCUT2D eigenvalue weighted by Gasteiger charge is -2.31. The molecule has 0 aromatic carbocycles. The second kappa shape index (κ2) is 5.04. The Kier molecular flexibility index (Phi) is 3.66. The number of carbonyl (C=O) groups is 2. The van der Waals surface area contributed by atoms with Gasteiger partial charge in [0, 0.05) is 6.42 Å². The highest BCUT2D eigenvalue weighted by molar-refractivity contribution is 5.83. The van der Waals surface area contributed by atoms with Gasteiger partial charge in [-0.3, -0.25) is 9.59 Å². The van der Waals surface area contributed by atoms with Crippen LogP contribution in [0.4, 0.5) is 0 Å². The van der Waals surface area contributed by atoms with E-state index in [1.807, 2.05) is 0 Å². The van der Waals surface area contributed by atoms with Crippen molar-refractivity contribution in [3.8, 4) is 0 Å². The molecule has 2 rings (SSSR count). The molecule has 5 heteroatoms. The van der Waals surface area contributed by atoms with Gasteiger partial charge in [-0.1, -0.05) is 13.8 Å². The Morgan fingerprint density at radius 1 is 1.59 bits per heavy atom. The van der Waals surface area contributed by atoms with Gasteiger partial charge in [-0.15, -0.1) is 0 Å². The van der Waals surface area contributed by atoms with Crippen molar-refractivity contribution in [1.82, 2.24) is 4.90 Å². The molecule has 2 aliphatic rings. The summed E-state index contributed by atoms with van der Waals surface area (Å²) < 4.78 is 10.7. The molecule has 2 fully saturated rings. The van der Waals surface area contributed by atoms with Crippen molar-refractivity contribution < 1.29 is 19.1 Å². The zero-order chi connectivity index (χ0) is 12.4. The number of β-lactam (4-membered cyclic amide) rings is 1. The summed E-state index contributed by atoms with van der Waals surface area (Å²) in [7, 11) is 0.